The van der Waals surface area contributed by atoms with Crippen LogP contribution in [0.5, 0.6) is 0 Å². The first kappa shape index (κ1) is 10.6. The van der Waals surface area contributed by atoms with Crippen LogP contribution in [0.2, 0.25) is 0 Å². The largest absolute Gasteiger partial charge is 0.462 e. The van der Waals surface area contributed by atoms with Crippen LogP contribution in [-0.4, -0.2) is 12.1 Å². The minimum absolute atomic E-state index is 0.121. The van der Waals surface area contributed by atoms with Crippen LogP contribution in [0.4, 0.5) is 0 Å². The van der Waals surface area contributed by atoms with Crippen LogP contribution >= 0.6 is 0 Å². The van der Waals surface area contributed by atoms with Crippen LogP contribution in [0.3, 0.4) is 0 Å². The molecule has 1 saturated carbocycles. The molecule has 3 atom stereocenters. The van der Waals surface area contributed by atoms with Crippen molar-refractivity contribution in [2.75, 3.05) is 0 Å². The van der Waals surface area contributed by atoms with E-state index in [2.05, 4.69) is 13.8 Å². The Hall–Kier alpha value is -0.530. The van der Waals surface area contributed by atoms with Crippen molar-refractivity contribution < 1.29 is 9.53 Å². The van der Waals surface area contributed by atoms with Crippen molar-refractivity contribution in [3.8, 4) is 0 Å². The average Bonchev–Trinajstić information content (AvgIpc) is 2.46. The van der Waals surface area contributed by atoms with Crippen LogP contribution in [0.15, 0.2) is 0 Å². The topological polar surface area (TPSA) is 26.3 Å². The Morgan fingerprint density at radius 3 is 2.00 bits per heavy atom. The summed E-state index contributed by atoms with van der Waals surface area (Å²) >= 11 is 0. The smallest absolute Gasteiger partial charge is 0.302 e. The number of carbonyl (C=O) groups is 1. The van der Waals surface area contributed by atoms with Crippen molar-refractivity contribution >= 4 is 5.97 Å². The highest BCUT2D eigenvalue weighted by Crippen LogP contribution is 2.37. The molecule has 1 rings (SSSR count). The molecule has 0 saturated heterocycles. The van der Waals surface area contributed by atoms with Crippen molar-refractivity contribution in [2.24, 2.45) is 11.8 Å². The van der Waals surface area contributed by atoms with Gasteiger partial charge < -0.3 is 4.74 Å². The minimum atomic E-state index is -0.121. The predicted molar refractivity (Wildman–Crippen MR) is 52.4 cm³/mol. The fourth-order valence-electron chi connectivity index (χ4n) is 2.40. The monoisotopic (exact) mass is 184 g/mol. The van der Waals surface area contributed by atoms with E-state index >= 15 is 0 Å². The Kier molecular flexibility index (Phi) is 3.76. The summed E-state index contributed by atoms with van der Waals surface area (Å²) in [6.45, 7) is 5.87. The van der Waals surface area contributed by atoms with Gasteiger partial charge in [-0.25, -0.2) is 0 Å². The van der Waals surface area contributed by atoms with E-state index in [0.717, 1.165) is 12.8 Å². The molecule has 1 aliphatic carbocycles. The number of hydrogen-bond acceptors (Lipinski definition) is 2. The van der Waals surface area contributed by atoms with Gasteiger partial charge in [0.15, 0.2) is 0 Å². The molecule has 0 aromatic rings. The highest BCUT2D eigenvalue weighted by molar-refractivity contribution is 5.66. The standard InChI is InChI=1S/C11H20O2/c1-4-9-6-7-10(5-2)11(9)13-8(3)12/h9-11H,4-7H2,1-3H3/t9-,10+,11?. The summed E-state index contributed by atoms with van der Waals surface area (Å²) in [5.41, 5.74) is 0. The molecule has 0 spiro atoms. The number of carbonyl (C=O) groups excluding carboxylic acids is 1. The molecule has 1 unspecified atom stereocenters. The van der Waals surface area contributed by atoms with E-state index in [9.17, 15) is 4.79 Å². The predicted octanol–water partition coefficient (Wildman–Crippen LogP) is 2.76. The van der Waals surface area contributed by atoms with Crippen LogP contribution < -0.4 is 0 Å². The molecule has 13 heavy (non-hydrogen) atoms. The second kappa shape index (κ2) is 4.64. The lowest BCUT2D eigenvalue weighted by molar-refractivity contribution is -0.150. The number of ether oxygens (including phenoxy) is 1. The molecule has 0 aliphatic heterocycles. The van der Waals surface area contributed by atoms with E-state index in [1.165, 1.54) is 19.8 Å². The zero-order valence-corrected chi connectivity index (χ0v) is 8.88. The molecule has 2 nitrogen and oxygen atoms in total. The van der Waals surface area contributed by atoms with Crippen molar-refractivity contribution in [1.82, 2.24) is 0 Å². The van der Waals surface area contributed by atoms with Crippen molar-refractivity contribution in [1.29, 1.82) is 0 Å². The van der Waals surface area contributed by atoms with Gasteiger partial charge in [-0.2, -0.15) is 0 Å². The Balaban J connectivity index is 2.56. The van der Waals surface area contributed by atoms with Gasteiger partial charge in [-0.15, -0.1) is 0 Å². The third kappa shape index (κ3) is 2.45. The van der Waals surface area contributed by atoms with Gasteiger partial charge in [0, 0.05) is 6.92 Å². The zero-order valence-electron chi connectivity index (χ0n) is 8.88. The summed E-state index contributed by atoms with van der Waals surface area (Å²) in [6.07, 6.45) is 4.93. The fourth-order valence-corrected chi connectivity index (χ4v) is 2.40. The van der Waals surface area contributed by atoms with Gasteiger partial charge in [-0.3, -0.25) is 4.79 Å². The summed E-state index contributed by atoms with van der Waals surface area (Å²) in [4.78, 5) is 10.9. The van der Waals surface area contributed by atoms with Crippen LogP contribution in [0.1, 0.15) is 46.5 Å². The van der Waals surface area contributed by atoms with E-state index in [4.69, 9.17) is 4.74 Å². The maximum atomic E-state index is 10.9. The Labute approximate surface area is 80.7 Å². The molecule has 76 valence electrons. The molecule has 0 aromatic heterocycles. The van der Waals surface area contributed by atoms with Crippen molar-refractivity contribution in [3.05, 3.63) is 0 Å². The summed E-state index contributed by atoms with van der Waals surface area (Å²) < 4.78 is 5.38. The first-order valence-electron chi connectivity index (χ1n) is 5.36. The van der Waals surface area contributed by atoms with Gasteiger partial charge in [-0.05, 0) is 37.5 Å². The highest BCUT2D eigenvalue weighted by Gasteiger charge is 2.35. The highest BCUT2D eigenvalue weighted by atomic mass is 16.5. The maximum Gasteiger partial charge on any atom is 0.302 e. The third-order valence-electron chi connectivity index (χ3n) is 3.19. The number of hydrogen-bond donors (Lipinski definition) is 0. The number of esters is 1. The molecule has 0 heterocycles. The van der Waals surface area contributed by atoms with Crippen LogP contribution in [0, 0.1) is 11.8 Å². The second-order valence-corrected chi connectivity index (χ2v) is 3.99. The van der Waals surface area contributed by atoms with Crippen molar-refractivity contribution in [2.45, 2.75) is 52.6 Å². The third-order valence-corrected chi connectivity index (χ3v) is 3.19. The van der Waals surface area contributed by atoms with E-state index in [-0.39, 0.29) is 12.1 Å². The van der Waals surface area contributed by atoms with E-state index in [1.54, 1.807) is 0 Å². The van der Waals surface area contributed by atoms with Gasteiger partial charge in [-0.1, -0.05) is 13.8 Å². The van der Waals surface area contributed by atoms with Gasteiger partial charge in [0.1, 0.15) is 6.10 Å². The Morgan fingerprint density at radius 2 is 1.69 bits per heavy atom. The molecular weight excluding hydrogens is 164 g/mol. The van der Waals surface area contributed by atoms with Gasteiger partial charge in [0.25, 0.3) is 0 Å². The summed E-state index contributed by atoms with van der Waals surface area (Å²) in [5, 5.41) is 0. The molecule has 0 bridgehead atoms. The molecule has 0 radical (unpaired) electrons. The molecule has 0 aromatic carbocycles. The van der Waals surface area contributed by atoms with E-state index in [0.29, 0.717) is 11.8 Å². The SMILES string of the molecule is CC[C@@H]1CC[C@H](CC)C1OC(C)=O. The van der Waals surface area contributed by atoms with Gasteiger partial charge >= 0.3 is 5.97 Å². The normalized spacial score (nSPS) is 33.3. The Bertz CT molecular complexity index is 165. The second-order valence-electron chi connectivity index (χ2n) is 3.99. The van der Waals surface area contributed by atoms with Gasteiger partial charge in [0.05, 0.1) is 0 Å². The fraction of sp³-hybridized carbons (Fsp3) is 0.909. The van der Waals surface area contributed by atoms with Crippen LogP contribution in [0.25, 0.3) is 0 Å². The summed E-state index contributed by atoms with van der Waals surface area (Å²) in [7, 11) is 0. The zero-order chi connectivity index (χ0) is 9.84. The average molecular weight is 184 g/mol. The lowest BCUT2D eigenvalue weighted by Crippen LogP contribution is -2.26. The summed E-state index contributed by atoms with van der Waals surface area (Å²) in [6, 6.07) is 0. The molecule has 1 aliphatic rings. The molecule has 0 N–H and O–H groups in total. The first-order chi connectivity index (χ1) is 6.19. The lowest BCUT2D eigenvalue weighted by atomic mass is 9.97. The first-order valence-corrected chi connectivity index (χ1v) is 5.36. The maximum absolute atomic E-state index is 10.9. The molecule has 1 fully saturated rings. The minimum Gasteiger partial charge on any atom is -0.462 e. The Morgan fingerprint density at radius 1 is 1.23 bits per heavy atom. The van der Waals surface area contributed by atoms with Crippen molar-refractivity contribution in [3.63, 3.8) is 0 Å². The quantitative estimate of drug-likeness (QED) is 0.630. The lowest BCUT2D eigenvalue weighted by Gasteiger charge is -2.22. The van der Waals surface area contributed by atoms with Crippen LogP contribution in [-0.2, 0) is 9.53 Å². The van der Waals surface area contributed by atoms with E-state index < -0.39 is 0 Å². The summed E-state index contributed by atoms with van der Waals surface area (Å²) in [5.74, 6) is 1.09. The molecule has 0 amide bonds. The molecular formula is C11H20O2. The van der Waals surface area contributed by atoms with Gasteiger partial charge in [0.2, 0.25) is 0 Å². The number of rotatable bonds is 3. The van der Waals surface area contributed by atoms with E-state index in [1.807, 2.05) is 0 Å². The molecule has 2 heteroatoms.